The molecule has 0 radical (unpaired) electrons. The summed E-state index contributed by atoms with van der Waals surface area (Å²) in [5.41, 5.74) is 2.76. The maximum atomic E-state index is 6.09. The molecule has 2 N–H and O–H groups in total. The Morgan fingerprint density at radius 1 is 1.32 bits per heavy atom. The molecule has 0 amide bonds. The number of thioether (sulfide) groups is 1. The van der Waals surface area contributed by atoms with Gasteiger partial charge in [0.05, 0.1) is 5.69 Å². The third kappa shape index (κ3) is 2.82. The predicted octanol–water partition coefficient (Wildman–Crippen LogP) is 3.21. The number of aryl methyl sites for hydroxylation is 2. The maximum Gasteiger partial charge on any atom is 0.210 e. The lowest BCUT2D eigenvalue weighted by atomic mass is 10.2. The van der Waals surface area contributed by atoms with Gasteiger partial charge in [-0.05, 0) is 26.0 Å². The minimum atomic E-state index is 0.573. The van der Waals surface area contributed by atoms with E-state index < -0.39 is 0 Å². The van der Waals surface area contributed by atoms with Crippen LogP contribution in [-0.4, -0.2) is 20.0 Å². The monoisotopic (exact) mass is 335 g/mol. The van der Waals surface area contributed by atoms with E-state index in [0.717, 1.165) is 22.6 Å². The Kier molecular flexibility index (Phi) is 4.08. The normalized spacial score (nSPS) is 11.0. The Labute approximate surface area is 136 Å². The van der Waals surface area contributed by atoms with E-state index in [4.69, 9.17) is 22.0 Å². The standard InChI is InChI=1S/C14H14ClN5OS/c1-8-12(9(2)21-19-8)7-22-14-18-17-13(20(14)16)10-4-3-5-11(15)6-10/h3-6H,7,16H2,1-2H3. The lowest BCUT2D eigenvalue weighted by molar-refractivity contribution is 0.392. The fourth-order valence-electron chi connectivity index (χ4n) is 2.04. The fraction of sp³-hybridized carbons (Fsp3) is 0.214. The summed E-state index contributed by atoms with van der Waals surface area (Å²) in [4.78, 5) is 0. The van der Waals surface area contributed by atoms with Gasteiger partial charge >= 0.3 is 0 Å². The van der Waals surface area contributed by atoms with Crippen molar-refractivity contribution in [1.29, 1.82) is 0 Å². The van der Waals surface area contributed by atoms with Gasteiger partial charge in [-0.2, -0.15) is 0 Å². The number of hydrogen-bond donors (Lipinski definition) is 1. The summed E-state index contributed by atoms with van der Waals surface area (Å²) in [5.74, 6) is 8.14. The number of nitrogen functional groups attached to an aromatic ring is 1. The molecule has 0 saturated carbocycles. The van der Waals surface area contributed by atoms with E-state index in [-0.39, 0.29) is 0 Å². The van der Waals surface area contributed by atoms with Crippen LogP contribution in [0.25, 0.3) is 11.4 Å². The minimum Gasteiger partial charge on any atom is -0.361 e. The number of aromatic nitrogens is 4. The quantitative estimate of drug-likeness (QED) is 0.582. The molecular weight excluding hydrogens is 322 g/mol. The zero-order valence-electron chi connectivity index (χ0n) is 12.1. The van der Waals surface area contributed by atoms with Crippen LogP contribution in [0.15, 0.2) is 33.9 Å². The zero-order chi connectivity index (χ0) is 15.7. The lowest BCUT2D eigenvalue weighted by Gasteiger charge is -2.04. The van der Waals surface area contributed by atoms with Crippen molar-refractivity contribution in [2.45, 2.75) is 24.8 Å². The Hall–Kier alpha value is -1.99. The first-order chi connectivity index (χ1) is 10.6. The third-order valence-corrected chi connectivity index (χ3v) is 4.48. The van der Waals surface area contributed by atoms with Crippen LogP contribution in [0.3, 0.4) is 0 Å². The molecule has 8 heteroatoms. The van der Waals surface area contributed by atoms with Gasteiger partial charge < -0.3 is 10.4 Å². The van der Waals surface area contributed by atoms with Gasteiger partial charge in [-0.1, -0.05) is 40.7 Å². The first kappa shape index (κ1) is 14.9. The zero-order valence-corrected chi connectivity index (χ0v) is 13.6. The SMILES string of the molecule is Cc1noc(C)c1CSc1nnc(-c2cccc(Cl)c2)n1N. The van der Waals surface area contributed by atoms with Crippen LogP contribution >= 0.6 is 23.4 Å². The van der Waals surface area contributed by atoms with Gasteiger partial charge in [0.15, 0.2) is 5.82 Å². The number of halogens is 1. The Morgan fingerprint density at radius 3 is 2.82 bits per heavy atom. The third-order valence-electron chi connectivity index (χ3n) is 3.27. The van der Waals surface area contributed by atoms with Gasteiger partial charge in [-0.3, -0.25) is 0 Å². The van der Waals surface area contributed by atoms with Crippen molar-refractivity contribution in [3.05, 3.63) is 46.3 Å². The van der Waals surface area contributed by atoms with E-state index in [1.165, 1.54) is 16.4 Å². The fourth-order valence-corrected chi connectivity index (χ4v) is 3.24. The summed E-state index contributed by atoms with van der Waals surface area (Å²) in [7, 11) is 0. The molecule has 0 aliphatic carbocycles. The van der Waals surface area contributed by atoms with Crippen LogP contribution < -0.4 is 5.84 Å². The molecule has 0 aliphatic heterocycles. The average molecular weight is 336 g/mol. The van der Waals surface area contributed by atoms with Crippen molar-refractivity contribution in [3.63, 3.8) is 0 Å². The first-order valence-corrected chi connectivity index (χ1v) is 7.93. The molecule has 0 bridgehead atoms. The van der Waals surface area contributed by atoms with Gasteiger partial charge in [0.25, 0.3) is 0 Å². The van der Waals surface area contributed by atoms with E-state index in [2.05, 4.69) is 15.4 Å². The Bertz CT molecular complexity index is 794. The molecule has 3 aromatic rings. The summed E-state index contributed by atoms with van der Waals surface area (Å²) in [6.45, 7) is 3.80. The molecule has 0 atom stereocenters. The molecule has 3 rings (SSSR count). The van der Waals surface area contributed by atoms with Gasteiger partial charge in [-0.25, -0.2) is 4.68 Å². The average Bonchev–Trinajstić information content (AvgIpc) is 3.01. The van der Waals surface area contributed by atoms with Crippen LogP contribution in [0, 0.1) is 13.8 Å². The van der Waals surface area contributed by atoms with Crippen molar-refractivity contribution in [3.8, 4) is 11.4 Å². The van der Waals surface area contributed by atoms with Crippen LogP contribution in [0.2, 0.25) is 5.02 Å². The highest BCUT2D eigenvalue weighted by atomic mass is 35.5. The molecular formula is C14H14ClN5OS. The van der Waals surface area contributed by atoms with Crippen molar-refractivity contribution in [2.75, 3.05) is 5.84 Å². The van der Waals surface area contributed by atoms with Crippen LogP contribution in [-0.2, 0) is 5.75 Å². The molecule has 0 unspecified atom stereocenters. The van der Waals surface area contributed by atoms with E-state index in [0.29, 0.717) is 21.8 Å². The Morgan fingerprint density at radius 2 is 2.14 bits per heavy atom. The molecule has 0 fully saturated rings. The molecule has 1 aromatic carbocycles. The van der Waals surface area contributed by atoms with Crippen LogP contribution in [0.5, 0.6) is 0 Å². The molecule has 0 spiro atoms. The lowest BCUT2D eigenvalue weighted by Crippen LogP contribution is -2.11. The summed E-state index contributed by atoms with van der Waals surface area (Å²) >= 11 is 7.48. The molecule has 22 heavy (non-hydrogen) atoms. The van der Waals surface area contributed by atoms with Crippen molar-refractivity contribution in [1.82, 2.24) is 20.0 Å². The van der Waals surface area contributed by atoms with Crippen molar-refractivity contribution >= 4 is 23.4 Å². The number of nitrogens with two attached hydrogens (primary N) is 1. The first-order valence-electron chi connectivity index (χ1n) is 6.57. The number of benzene rings is 1. The molecule has 0 aliphatic rings. The van der Waals surface area contributed by atoms with Crippen molar-refractivity contribution < 1.29 is 4.52 Å². The number of hydrogen-bond acceptors (Lipinski definition) is 6. The van der Waals surface area contributed by atoms with Crippen LogP contribution in [0.1, 0.15) is 17.0 Å². The summed E-state index contributed by atoms with van der Waals surface area (Å²) < 4.78 is 6.62. The summed E-state index contributed by atoms with van der Waals surface area (Å²) in [6.07, 6.45) is 0. The maximum absolute atomic E-state index is 6.09. The van der Waals surface area contributed by atoms with Gasteiger partial charge in [0.2, 0.25) is 5.16 Å². The van der Waals surface area contributed by atoms with Gasteiger partial charge in [0, 0.05) is 21.9 Å². The second-order valence-electron chi connectivity index (χ2n) is 4.78. The summed E-state index contributed by atoms with van der Waals surface area (Å²) in [6, 6.07) is 7.35. The van der Waals surface area contributed by atoms with Crippen molar-refractivity contribution in [2.24, 2.45) is 0 Å². The molecule has 114 valence electrons. The van der Waals surface area contributed by atoms with E-state index in [1.54, 1.807) is 12.1 Å². The van der Waals surface area contributed by atoms with Gasteiger partial charge in [-0.15, -0.1) is 10.2 Å². The second kappa shape index (κ2) is 6.02. The Balaban J connectivity index is 1.82. The predicted molar refractivity (Wildman–Crippen MR) is 86.2 cm³/mol. The highest BCUT2D eigenvalue weighted by molar-refractivity contribution is 7.98. The largest absolute Gasteiger partial charge is 0.361 e. The molecule has 2 heterocycles. The topological polar surface area (TPSA) is 82.8 Å². The molecule has 2 aromatic heterocycles. The number of nitrogens with zero attached hydrogens (tertiary/aromatic N) is 4. The van der Waals surface area contributed by atoms with Gasteiger partial charge in [0.1, 0.15) is 5.76 Å². The van der Waals surface area contributed by atoms with Crippen LogP contribution in [0.4, 0.5) is 0 Å². The van der Waals surface area contributed by atoms with E-state index >= 15 is 0 Å². The highest BCUT2D eigenvalue weighted by Gasteiger charge is 2.15. The molecule has 0 saturated heterocycles. The highest BCUT2D eigenvalue weighted by Crippen LogP contribution is 2.27. The summed E-state index contributed by atoms with van der Waals surface area (Å²) in [5, 5.41) is 13.5. The smallest absolute Gasteiger partial charge is 0.210 e. The minimum absolute atomic E-state index is 0.573. The second-order valence-corrected chi connectivity index (χ2v) is 6.16. The molecule has 6 nitrogen and oxygen atoms in total. The van der Waals surface area contributed by atoms with E-state index in [9.17, 15) is 0 Å². The van der Waals surface area contributed by atoms with E-state index in [1.807, 2.05) is 26.0 Å². The number of rotatable bonds is 4.